The summed E-state index contributed by atoms with van der Waals surface area (Å²) in [5, 5.41) is 7.75. The summed E-state index contributed by atoms with van der Waals surface area (Å²) in [4.78, 5) is 13.2. The molecule has 0 radical (unpaired) electrons. The number of rotatable bonds is 6. The van der Waals surface area contributed by atoms with Crippen LogP contribution in [0, 0.1) is 11.6 Å². The molecule has 3 rings (SSSR count). The molecule has 0 saturated carbocycles. The third kappa shape index (κ3) is 4.49. The highest BCUT2D eigenvalue weighted by Crippen LogP contribution is 2.25. The van der Waals surface area contributed by atoms with Crippen LogP contribution in [-0.4, -0.2) is 12.5 Å². The van der Waals surface area contributed by atoms with E-state index in [0.29, 0.717) is 0 Å². The molecule has 1 atom stereocenters. The first-order valence-electron chi connectivity index (χ1n) is 7.70. The molecule has 128 valence electrons. The molecule has 2 N–H and O–H groups in total. The van der Waals surface area contributed by atoms with Crippen LogP contribution in [0.25, 0.3) is 0 Å². The standard InChI is InChI=1S/C19H16F2N2OS/c20-15-9-8-14(11-16(15)21)23-18(24)12-22-19(17-7-4-10-25-17)13-5-2-1-3-6-13/h1-11,19,22H,12H2,(H,23,24)/t19-/m1/s1. The lowest BCUT2D eigenvalue weighted by Gasteiger charge is -2.18. The number of hydrogen-bond donors (Lipinski definition) is 2. The quantitative estimate of drug-likeness (QED) is 0.688. The molecule has 0 fully saturated rings. The van der Waals surface area contributed by atoms with Crippen LogP contribution in [0.5, 0.6) is 0 Å². The van der Waals surface area contributed by atoms with Crippen LogP contribution >= 0.6 is 11.3 Å². The Hall–Kier alpha value is -2.57. The maximum Gasteiger partial charge on any atom is 0.238 e. The Kier molecular flexibility index (Phi) is 5.53. The van der Waals surface area contributed by atoms with Crippen LogP contribution < -0.4 is 10.6 Å². The lowest BCUT2D eigenvalue weighted by atomic mass is 10.1. The fraction of sp³-hybridized carbons (Fsp3) is 0.105. The lowest BCUT2D eigenvalue weighted by Crippen LogP contribution is -2.31. The van der Waals surface area contributed by atoms with Crippen LogP contribution in [-0.2, 0) is 4.79 Å². The van der Waals surface area contributed by atoms with Gasteiger partial charge in [0.2, 0.25) is 5.91 Å². The largest absolute Gasteiger partial charge is 0.325 e. The van der Waals surface area contributed by atoms with E-state index in [2.05, 4.69) is 10.6 Å². The Morgan fingerprint density at radius 2 is 1.80 bits per heavy atom. The van der Waals surface area contributed by atoms with E-state index in [9.17, 15) is 13.6 Å². The number of carbonyl (C=O) groups excluding carboxylic acids is 1. The fourth-order valence-electron chi connectivity index (χ4n) is 2.46. The van der Waals surface area contributed by atoms with E-state index in [1.165, 1.54) is 6.07 Å². The fourth-order valence-corrected chi connectivity index (χ4v) is 3.28. The van der Waals surface area contributed by atoms with Crippen molar-refractivity contribution in [3.05, 3.63) is 88.1 Å². The molecular formula is C19H16F2N2OS. The molecule has 1 aromatic heterocycles. The summed E-state index contributed by atoms with van der Waals surface area (Å²) in [5.74, 6) is -2.27. The van der Waals surface area contributed by atoms with Crippen molar-refractivity contribution in [2.24, 2.45) is 0 Å². The summed E-state index contributed by atoms with van der Waals surface area (Å²) in [7, 11) is 0. The molecule has 1 heterocycles. The molecule has 1 amide bonds. The average Bonchev–Trinajstić information content (AvgIpc) is 3.14. The summed E-state index contributed by atoms with van der Waals surface area (Å²) >= 11 is 1.60. The van der Waals surface area contributed by atoms with Crippen LogP contribution in [0.1, 0.15) is 16.5 Å². The third-order valence-corrected chi connectivity index (χ3v) is 4.57. The minimum atomic E-state index is -0.994. The van der Waals surface area contributed by atoms with Gasteiger partial charge in [-0.1, -0.05) is 36.4 Å². The first kappa shape index (κ1) is 17.3. The van der Waals surface area contributed by atoms with Gasteiger partial charge in [-0.3, -0.25) is 10.1 Å². The molecule has 0 aliphatic rings. The minimum absolute atomic E-state index is 0.0382. The number of thiophene rings is 1. The Morgan fingerprint density at radius 1 is 1.00 bits per heavy atom. The number of hydrogen-bond acceptors (Lipinski definition) is 3. The SMILES string of the molecule is O=C(CN[C@H](c1ccccc1)c1cccs1)Nc1ccc(F)c(F)c1. The topological polar surface area (TPSA) is 41.1 Å². The third-order valence-electron chi connectivity index (χ3n) is 3.63. The molecule has 6 heteroatoms. The molecule has 0 spiro atoms. The van der Waals surface area contributed by atoms with Crippen molar-refractivity contribution >= 4 is 22.9 Å². The lowest BCUT2D eigenvalue weighted by molar-refractivity contribution is -0.115. The van der Waals surface area contributed by atoms with Gasteiger partial charge in [-0.2, -0.15) is 0 Å². The van der Waals surface area contributed by atoms with E-state index in [1.807, 2.05) is 47.8 Å². The number of carbonyl (C=O) groups is 1. The van der Waals surface area contributed by atoms with Gasteiger partial charge in [0.05, 0.1) is 12.6 Å². The van der Waals surface area contributed by atoms with Gasteiger partial charge in [0.15, 0.2) is 11.6 Å². The number of amides is 1. The van der Waals surface area contributed by atoms with Crippen molar-refractivity contribution in [1.82, 2.24) is 5.32 Å². The number of halogens is 2. The monoisotopic (exact) mass is 358 g/mol. The van der Waals surface area contributed by atoms with E-state index < -0.39 is 11.6 Å². The highest BCUT2D eigenvalue weighted by molar-refractivity contribution is 7.10. The van der Waals surface area contributed by atoms with Gasteiger partial charge in [-0.25, -0.2) is 8.78 Å². The zero-order valence-corrected chi connectivity index (χ0v) is 14.0. The van der Waals surface area contributed by atoms with E-state index in [1.54, 1.807) is 11.3 Å². The number of nitrogens with one attached hydrogen (secondary N) is 2. The molecule has 25 heavy (non-hydrogen) atoms. The summed E-state index contributed by atoms with van der Waals surface area (Å²) in [5.41, 5.74) is 1.27. The normalized spacial score (nSPS) is 11.9. The molecule has 0 unspecified atom stereocenters. The maximum absolute atomic E-state index is 13.2. The Balaban J connectivity index is 1.66. The van der Waals surface area contributed by atoms with Crippen molar-refractivity contribution in [2.45, 2.75) is 6.04 Å². The predicted molar refractivity (Wildman–Crippen MR) is 95.6 cm³/mol. The number of benzene rings is 2. The maximum atomic E-state index is 13.2. The van der Waals surface area contributed by atoms with Crippen molar-refractivity contribution < 1.29 is 13.6 Å². The first-order chi connectivity index (χ1) is 12.1. The van der Waals surface area contributed by atoms with Gasteiger partial charge >= 0.3 is 0 Å². The van der Waals surface area contributed by atoms with Crippen LogP contribution in [0.2, 0.25) is 0 Å². The molecule has 2 aromatic carbocycles. The van der Waals surface area contributed by atoms with Crippen molar-refractivity contribution in [3.63, 3.8) is 0 Å². The Morgan fingerprint density at radius 3 is 2.48 bits per heavy atom. The second-order valence-electron chi connectivity index (χ2n) is 5.42. The van der Waals surface area contributed by atoms with Crippen LogP contribution in [0.3, 0.4) is 0 Å². The summed E-state index contributed by atoms with van der Waals surface area (Å²) in [6.07, 6.45) is 0. The van der Waals surface area contributed by atoms with Crippen LogP contribution in [0.4, 0.5) is 14.5 Å². The van der Waals surface area contributed by atoms with Gasteiger partial charge in [-0.15, -0.1) is 11.3 Å². The first-order valence-corrected chi connectivity index (χ1v) is 8.58. The molecular weight excluding hydrogens is 342 g/mol. The predicted octanol–water partition coefficient (Wildman–Crippen LogP) is 4.34. The average molecular weight is 358 g/mol. The summed E-state index contributed by atoms with van der Waals surface area (Å²) in [6, 6.07) is 16.9. The highest BCUT2D eigenvalue weighted by Gasteiger charge is 2.16. The van der Waals surface area contributed by atoms with Gasteiger partial charge in [0, 0.05) is 16.6 Å². The smallest absolute Gasteiger partial charge is 0.238 e. The molecule has 0 saturated heterocycles. The summed E-state index contributed by atoms with van der Waals surface area (Å²) in [6.45, 7) is 0.0382. The van der Waals surface area contributed by atoms with E-state index in [0.717, 1.165) is 22.6 Å². The second kappa shape index (κ2) is 8.00. The van der Waals surface area contributed by atoms with Gasteiger partial charge < -0.3 is 5.32 Å². The number of anilines is 1. The zero-order chi connectivity index (χ0) is 17.6. The van der Waals surface area contributed by atoms with Gasteiger partial charge in [-0.05, 0) is 29.1 Å². The Bertz CT molecular complexity index is 838. The molecule has 3 nitrogen and oxygen atoms in total. The summed E-state index contributed by atoms with van der Waals surface area (Å²) < 4.78 is 26.1. The van der Waals surface area contributed by atoms with Crippen molar-refractivity contribution in [1.29, 1.82) is 0 Å². The molecule has 0 bridgehead atoms. The van der Waals surface area contributed by atoms with Gasteiger partial charge in [0.25, 0.3) is 0 Å². The van der Waals surface area contributed by atoms with E-state index >= 15 is 0 Å². The second-order valence-corrected chi connectivity index (χ2v) is 6.40. The highest BCUT2D eigenvalue weighted by atomic mass is 32.1. The van der Waals surface area contributed by atoms with E-state index in [-0.39, 0.29) is 24.2 Å². The molecule has 3 aromatic rings. The van der Waals surface area contributed by atoms with Crippen molar-refractivity contribution in [3.8, 4) is 0 Å². The van der Waals surface area contributed by atoms with E-state index in [4.69, 9.17) is 0 Å². The van der Waals surface area contributed by atoms with Gasteiger partial charge in [0.1, 0.15) is 0 Å². The molecule has 0 aliphatic carbocycles. The minimum Gasteiger partial charge on any atom is -0.325 e. The van der Waals surface area contributed by atoms with Crippen molar-refractivity contribution in [2.75, 3.05) is 11.9 Å². The van der Waals surface area contributed by atoms with Crippen LogP contribution in [0.15, 0.2) is 66.0 Å². The zero-order valence-electron chi connectivity index (χ0n) is 13.2. The Labute approximate surface area is 148 Å². The molecule has 0 aliphatic heterocycles.